The van der Waals surface area contributed by atoms with E-state index in [2.05, 4.69) is 0 Å². The zero-order valence-electron chi connectivity index (χ0n) is 11.6. The number of rotatable bonds is 5. The van der Waals surface area contributed by atoms with Gasteiger partial charge in [0.2, 0.25) is 0 Å². The molecule has 0 bridgehead atoms. The summed E-state index contributed by atoms with van der Waals surface area (Å²) in [6.45, 7) is 5.87. The molecule has 6 heteroatoms. The van der Waals surface area contributed by atoms with Crippen LogP contribution in [0.5, 0.6) is 0 Å². The second-order valence-electron chi connectivity index (χ2n) is 5.34. The third-order valence-electron chi connectivity index (χ3n) is 3.20. The predicted octanol–water partition coefficient (Wildman–Crippen LogP) is 3.08. The van der Waals surface area contributed by atoms with Crippen molar-refractivity contribution in [3.05, 3.63) is 33.9 Å². The molecule has 0 heterocycles. The Morgan fingerprint density at radius 1 is 1.32 bits per heavy atom. The van der Waals surface area contributed by atoms with Crippen LogP contribution in [-0.2, 0) is 15.3 Å². The minimum atomic E-state index is -3.44. The smallest absolute Gasteiger partial charge is 0.258 e. The van der Waals surface area contributed by atoms with Crippen LogP contribution in [0.4, 0.5) is 5.69 Å². The summed E-state index contributed by atoms with van der Waals surface area (Å²) in [6, 6.07) is 4.15. The first-order valence-electron chi connectivity index (χ1n) is 6.08. The maximum atomic E-state index is 11.5. The Morgan fingerprint density at radius 3 is 2.32 bits per heavy atom. The van der Waals surface area contributed by atoms with Gasteiger partial charge in [-0.2, -0.15) is 0 Å². The van der Waals surface area contributed by atoms with Gasteiger partial charge in [-0.05, 0) is 17.9 Å². The molecule has 5 nitrogen and oxygen atoms in total. The lowest BCUT2D eigenvalue weighted by atomic mass is 9.80. The van der Waals surface area contributed by atoms with Crippen LogP contribution in [0.3, 0.4) is 0 Å². The van der Waals surface area contributed by atoms with Crippen LogP contribution in [0, 0.1) is 10.1 Å². The normalized spacial score (nSPS) is 12.4. The summed E-state index contributed by atoms with van der Waals surface area (Å²) < 4.78 is 22.9. The second kappa shape index (κ2) is 5.28. The number of nitrogens with zero attached hydrogens (tertiary/aromatic N) is 1. The third-order valence-corrected chi connectivity index (χ3v) is 4.31. The van der Waals surface area contributed by atoms with Gasteiger partial charge in [0, 0.05) is 17.9 Å². The van der Waals surface area contributed by atoms with Crippen LogP contribution in [0.25, 0.3) is 0 Å². The maximum Gasteiger partial charge on any atom is 0.274 e. The Morgan fingerprint density at radius 2 is 1.89 bits per heavy atom. The summed E-state index contributed by atoms with van der Waals surface area (Å²) in [6.07, 6.45) is 2.74. The highest BCUT2D eigenvalue weighted by molar-refractivity contribution is 7.90. The van der Waals surface area contributed by atoms with Gasteiger partial charge in [0.05, 0.1) is 9.82 Å². The molecule has 0 aliphatic heterocycles. The number of nitro groups is 1. The molecule has 0 unspecified atom stereocenters. The van der Waals surface area contributed by atoms with E-state index >= 15 is 0 Å². The summed E-state index contributed by atoms with van der Waals surface area (Å²) in [5.41, 5.74) is 0.0980. The number of sulfone groups is 1. The van der Waals surface area contributed by atoms with Gasteiger partial charge in [0.15, 0.2) is 9.84 Å². The Kier molecular flexibility index (Phi) is 4.35. The quantitative estimate of drug-likeness (QED) is 0.615. The van der Waals surface area contributed by atoms with Crippen molar-refractivity contribution >= 4 is 15.5 Å². The van der Waals surface area contributed by atoms with Crippen molar-refractivity contribution in [3.8, 4) is 0 Å². The molecule has 0 atom stereocenters. The van der Waals surface area contributed by atoms with E-state index in [-0.39, 0.29) is 16.0 Å². The number of hydrogen-bond acceptors (Lipinski definition) is 4. The average molecular weight is 285 g/mol. The molecule has 0 saturated heterocycles. The number of nitro benzene ring substituents is 1. The van der Waals surface area contributed by atoms with Crippen molar-refractivity contribution in [2.45, 2.75) is 43.9 Å². The first-order valence-corrected chi connectivity index (χ1v) is 7.97. The summed E-state index contributed by atoms with van der Waals surface area (Å²) in [7, 11) is -3.44. The fourth-order valence-corrected chi connectivity index (χ4v) is 2.87. The van der Waals surface area contributed by atoms with E-state index in [1.165, 1.54) is 6.07 Å². The zero-order valence-corrected chi connectivity index (χ0v) is 12.5. The van der Waals surface area contributed by atoms with E-state index < -0.39 is 14.8 Å². The van der Waals surface area contributed by atoms with Gasteiger partial charge in [-0.25, -0.2) is 8.42 Å². The monoisotopic (exact) mass is 285 g/mol. The molecule has 0 amide bonds. The summed E-state index contributed by atoms with van der Waals surface area (Å²) in [5, 5.41) is 11.2. The van der Waals surface area contributed by atoms with Gasteiger partial charge in [-0.3, -0.25) is 10.1 Å². The summed E-state index contributed by atoms with van der Waals surface area (Å²) in [5.74, 6) is 0. The molecule has 19 heavy (non-hydrogen) atoms. The largest absolute Gasteiger partial charge is 0.274 e. The zero-order chi connectivity index (χ0) is 14.8. The lowest BCUT2D eigenvalue weighted by Crippen LogP contribution is -2.19. The Bertz CT molecular complexity index is 591. The molecular weight excluding hydrogens is 266 g/mol. The standard InChI is InChI=1S/C13H19NO4S/c1-5-8-13(2,3)11-7-6-10(19(4,17)18)9-12(11)14(15)16/h6-7,9H,5,8H2,1-4H3. The molecule has 0 fully saturated rings. The molecule has 0 N–H and O–H groups in total. The van der Waals surface area contributed by atoms with Crippen molar-refractivity contribution in [2.75, 3.05) is 6.26 Å². The molecule has 1 aromatic rings. The highest BCUT2D eigenvalue weighted by Crippen LogP contribution is 2.36. The van der Waals surface area contributed by atoms with Crippen LogP contribution in [-0.4, -0.2) is 19.6 Å². The SMILES string of the molecule is CCCC(C)(C)c1ccc(S(C)(=O)=O)cc1[N+](=O)[O-]. The van der Waals surface area contributed by atoms with E-state index in [4.69, 9.17) is 0 Å². The topological polar surface area (TPSA) is 77.3 Å². The molecule has 1 aromatic carbocycles. The van der Waals surface area contributed by atoms with Crippen molar-refractivity contribution in [1.82, 2.24) is 0 Å². The summed E-state index contributed by atoms with van der Waals surface area (Å²) >= 11 is 0. The minimum absolute atomic E-state index is 0.0183. The molecule has 0 aromatic heterocycles. The van der Waals surface area contributed by atoms with E-state index in [0.29, 0.717) is 5.56 Å². The van der Waals surface area contributed by atoms with Crippen LogP contribution in [0.2, 0.25) is 0 Å². The number of hydrogen-bond donors (Lipinski definition) is 0. The molecule has 1 rings (SSSR count). The number of benzene rings is 1. The molecule has 0 aliphatic carbocycles. The third kappa shape index (κ3) is 3.53. The van der Waals surface area contributed by atoms with Crippen molar-refractivity contribution in [1.29, 1.82) is 0 Å². The highest BCUT2D eigenvalue weighted by Gasteiger charge is 2.29. The van der Waals surface area contributed by atoms with E-state index in [0.717, 1.165) is 25.2 Å². The predicted molar refractivity (Wildman–Crippen MR) is 74.1 cm³/mol. The molecular formula is C13H19NO4S. The van der Waals surface area contributed by atoms with Gasteiger partial charge in [-0.1, -0.05) is 33.3 Å². The van der Waals surface area contributed by atoms with Gasteiger partial charge >= 0.3 is 0 Å². The molecule has 0 radical (unpaired) electrons. The van der Waals surface area contributed by atoms with Crippen molar-refractivity contribution in [2.24, 2.45) is 0 Å². The first kappa shape index (κ1) is 15.6. The van der Waals surface area contributed by atoms with E-state index in [1.807, 2.05) is 20.8 Å². The lowest BCUT2D eigenvalue weighted by Gasteiger charge is -2.24. The van der Waals surface area contributed by atoms with Crippen LogP contribution in [0.15, 0.2) is 23.1 Å². The van der Waals surface area contributed by atoms with Crippen LogP contribution >= 0.6 is 0 Å². The molecule has 0 saturated carbocycles. The van der Waals surface area contributed by atoms with Gasteiger partial charge in [0.1, 0.15) is 0 Å². The van der Waals surface area contributed by atoms with E-state index in [9.17, 15) is 18.5 Å². The Balaban J connectivity index is 3.47. The highest BCUT2D eigenvalue weighted by atomic mass is 32.2. The van der Waals surface area contributed by atoms with Gasteiger partial charge < -0.3 is 0 Å². The fraction of sp³-hybridized carbons (Fsp3) is 0.538. The summed E-state index contributed by atoms with van der Waals surface area (Å²) in [4.78, 5) is 10.6. The Hall–Kier alpha value is -1.43. The van der Waals surface area contributed by atoms with Crippen molar-refractivity contribution in [3.63, 3.8) is 0 Å². The first-order chi connectivity index (χ1) is 8.59. The van der Waals surface area contributed by atoms with E-state index in [1.54, 1.807) is 6.07 Å². The molecule has 0 aliphatic rings. The average Bonchev–Trinajstić information content (AvgIpc) is 2.26. The van der Waals surface area contributed by atoms with Gasteiger partial charge in [0.25, 0.3) is 5.69 Å². The Labute approximate surface area is 113 Å². The van der Waals surface area contributed by atoms with Crippen molar-refractivity contribution < 1.29 is 13.3 Å². The maximum absolute atomic E-state index is 11.5. The van der Waals surface area contributed by atoms with Gasteiger partial charge in [-0.15, -0.1) is 0 Å². The fourth-order valence-electron chi connectivity index (χ4n) is 2.23. The van der Waals surface area contributed by atoms with Crippen LogP contribution in [0.1, 0.15) is 39.2 Å². The molecule has 0 spiro atoms. The lowest BCUT2D eigenvalue weighted by molar-refractivity contribution is -0.386. The molecule has 106 valence electrons. The minimum Gasteiger partial charge on any atom is -0.258 e. The second-order valence-corrected chi connectivity index (χ2v) is 7.36. The van der Waals surface area contributed by atoms with Crippen LogP contribution < -0.4 is 0 Å².